The summed E-state index contributed by atoms with van der Waals surface area (Å²) in [6, 6.07) is 0. The molecule has 0 saturated heterocycles. The first-order valence-electron chi connectivity index (χ1n) is 2.15. The Morgan fingerprint density at radius 2 is 2.29 bits per heavy atom. The molecule has 0 aliphatic rings. The SMILES string of the molecule is C[Se]/C=C/C(C)O. The van der Waals surface area contributed by atoms with Crippen LogP contribution >= 0.6 is 0 Å². The van der Waals surface area contributed by atoms with Crippen LogP contribution in [-0.2, 0) is 0 Å². The van der Waals surface area contributed by atoms with E-state index >= 15 is 0 Å². The Labute approximate surface area is 50.6 Å². The van der Waals surface area contributed by atoms with Gasteiger partial charge in [0, 0.05) is 0 Å². The van der Waals surface area contributed by atoms with Crippen molar-refractivity contribution < 1.29 is 5.11 Å². The summed E-state index contributed by atoms with van der Waals surface area (Å²) in [6.07, 6.45) is 1.54. The summed E-state index contributed by atoms with van der Waals surface area (Å²) >= 11 is 0.566. The van der Waals surface area contributed by atoms with Crippen molar-refractivity contribution in [3.63, 3.8) is 0 Å². The van der Waals surface area contributed by atoms with E-state index in [1.165, 1.54) is 0 Å². The van der Waals surface area contributed by atoms with E-state index in [1.807, 2.05) is 4.97 Å². The minimum atomic E-state index is -0.262. The van der Waals surface area contributed by atoms with Crippen LogP contribution in [0.5, 0.6) is 0 Å². The topological polar surface area (TPSA) is 20.2 Å². The van der Waals surface area contributed by atoms with Gasteiger partial charge in [0.15, 0.2) is 0 Å². The average molecular weight is 165 g/mol. The summed E-state index contributed by atoms with van der Waals surface area (Å²) in [7, 11) is 0. The molecule has 0 aliphatic carbocycles. The Bertz CT molecular complexity index is 59.1. The second kappa shape index (κ2) is 4.38. The van der Waals surface area contributed by atoms with Crippen molar-refractivity contribution >= 4 is 15.0 Å². The van der Waals surface area contributed by atoms with Crippen molar-refractivity contribution in [1.82, 2.24) is 0 Å². The van der Waals surface area contributed by atoms with Gasteiger partial charge in [0.25, 0.3) is 0 Å². The quantitative estimate of drug-likeness (QED) is 0.595. The summed E-state index contributed by atoms with van der Waals surface area (Å²) in [5.41, 5.74) is 0. The summed E-state index contributed by atoms with van der Waals surface area (Å²) in [5.74, 6) is 2.10. The summed E-state index contributed by atoms with van der Waals surface area (Å²) in [4.78, 5) is 2.01. The molecular weight excluding hydrogens is 155 g/mol. The van der Waals surface area contributed by atoms with Crippen LogP contribution < -0.4 is 0 Å². The van der Waals surface area contributed by atoms with E-state index in [9.17, 15) is 0 Å². The van der Waals surface area contributed by atoms with Crippen LogP contribution in [0, 0.1) is 0 Å². The van der Waals surface area contributed by atoms with Crippen LogP contribution in [0.15, 0.2) is 11.1 Å². The van der Waals surface area contributed by atoms with Crippen molar-refractivity contribution in [1.29, 1.82) is 0 Å². The Morgan fingerprint density at radius 1 is 1.71 bits per heavy atom. The molecule has 0 radical (unpaired) electrons. The van der Waals surface area contributed by atoms with Crippen molar-refractivity contribution in [3.05, 3.63) is 11.1 Å². The molecule has 0 rings (SSSR count). The summed E-state index contributed by atoms with van der Waals surface area (Å²) in [5, 5.41) is 8.61. The maximum absolute atomic E-state index is 8.61. The van der Waals surface area contributed by atoms with Crippen molar-refractivity contribution in [3.8, 4) is 0 Å². The normalized spacial score (nSPS) is 15.3. The Balaban J connectivity index is 3.08. The molecule has 2 heteroatoms. The fourth-order valence-corrected chi connectivity index (χ4v) is 0.999. The first-order chi connectivity index (χ1) is 3.27. The van der Waals surface area contributed by atoms with Gasteiger partial charge >= 0.3 is 50.0 Å². The zero-order chi connectivity index (χ0) is 5.70. The van der Waals surface area contributed by atoms with Crippen LogP contribution in [0.1, 0.15) is 6.92 Å². The molecule has 42 valence electrons. The molecule has 0 spiro atoms. The zero-order valence-corrected chi connectivity index (χ0v) is 6.30. The van der Waals surface area contributed by atoms with Gasteiger partial charge in [-0.05, 0) is 0 Å². The number of hydrogen-bond acceptors (Lipinski definition) is 1. The number of aliphatic hydroxyl groups excluding tert-OH is 1. The van der Waals surface area contributed by atoms with Crippen LogP contribution in [0.3, 0.4) is 0 Å². The molecule has 0 heterocycles. The third kappa shape index (κ3) is 6.22. The maximum atomic E-state index is 8.61. The van der Waals surface area contributed by atoms with Crippen LogP contribution in [0.25, 0.3) is 0 Å². The molecule has 1 unspecified atom stereocenters. The van der Waals surface area contributed by atoms with Crippen molar-refractivity contribution in [2.24, 2.45) is 0 Å². The fraction of sp³-hybridized carbons (Fsp3) is 0.600. The monoisotopic (exact) mass is 166 g/mol. The average Bonchev–Trinajstić information content (AvgIpc) is 1.61. The van der Waals surface area contributed by atoms with E-state index in [1.54, 1.807) is 13.0 Å². The predicted molar refractivity (Wildman–Crippen MR) is 32.4 cm³/mol. The molecule has 0 fully saturated rings. The molecule has 0 amide bonds. The second-order valence-electron chi connectivity index (χ2n) is 1.30. The van der Waals surface area contributed by atoms with Gasteiger partial charge in [-0.1, -0.05) is 0 Å². The Morgan fingerprint density at radius 3 is 2.43 bits per heavy atom. The van der Waals surface area contributed by atoms with Crippen LogP contribution in [0.2, 0.25) is 5.82 Å². The Hall–Kier alpha value is 0.219. The van der Waals surface area contributed by atoms with Crippen molar-refractivity contribution in [2.75, 3.05) is 0 Å². The molecule has 1 N–H and O–H groups in total. The fourth-order valence-electron chi connectivity index (χ4n) is 0.192. The summed E-state index contributed by atoms with van der Waals surface area (Å²) in [6.45, 7) is 1.75. The van der Waals surface area contributed by atoms with Crippen LogP contribution in [-0.4, -0.2) is 26.2 Å². The zero-order valence-electron chi connectivity index (χ0n) is 4.59. The molecule has 0 aromatic rings. The van der Waals surface area contributed by atoms with Crippen molar-refractivity contribution in [2.45, 2.75) is 18.8 Å². The number of aliphatic hydroxyl groups is 1. The molecule has 0 aromatic heterocycles. The van der Waals surface area contributed by atoms with E-state index in [0.717, 1.165) is 0 Å². The third-order valence-electron chi connectivity index (χ3n) is 0.493. The van der Waals surface area contributed by atoms with Gasteiger partial charge in [-0.2, -0.15) is 0 Å². The van der Waals surface area contributed by atoms with Gasteiger partial charge in [0.2, 0.25) is 0 Å². The van der Waals surface area contributed by atoms with Gasteiger partial charge in [-0.25, -0.2) is 0 Å². The number of hydrogen-bond donors (Lipinski definition) is 1. The minimum absolute atomic E-state index is 0.262. The Kier molecular flexibility index (Phi) is 4.52. The van der Waals surface area contributed by atoms with Gasteiger partial charge in [0.05, 0.1) is 0 Å². The molecule has 0 aromatic carbocycles. The molecular formula is C5H10OSe. The van der Waals surface area contributed by atoms with Gasteiger partial charge in [0.1, 0.15) is 0 Å². The summed E-state index contributed by atoms with van der Waals surface area (Å²) < 4.78 is 0. The second-order valence-corrected chi connectivity index (χ2v) is 2.86. The van der Waals surface area contributed by atoms with E-state index in [2.05, 4.69) is 5.82 Å². The van der Waals surface area contributed by atoms with E-state index in [4.69, 9.17) is 5.11 Å². The van der Waals surface area contributed by atoms with E-state index in [0.29, 0.717) is 15.0 Å². The van der Waals surface area contributed by atoms with Gasteiger partial charge in [-0.3, -0.25) is 0 Å². The molecule has 0 bridgehead atoms. The standard InChI is InChI=1S/C5H10OSe/c1-5(6)3-4-7-2/h3-6H,1-2H3/b4-3+. The molecule has 0 aliphatic heterocycles. The first-order valence-corrected chi connectivity index (χ1v) is 4.85. The molecule has 1 atom stereocenters. The predicted octanol–water partition coefficient (Wildman–Crippen LogP) is 0.633. The van der Waals surface area contributed by atoms with Gasteiger partial charge < -0.3 is 0 Å². The van der Waals surface area contributed by atoms with Crippen LogP contribution in [0.4, 0.5) is 0 Å². The van der Waals surface area contributed by atoms with E-state index < -0.39 is 0 Å². The molecule has 7 heavy (non-hydrogen) atoms. The third-order valence-corrected chi connectivity index (χ3v) is 1.39. The first kappa shape index (κ1) is 7.22. The van der Waals surface area contributed by atoms with E-state index in [-0.39, 0.29) is 6.10 Å². The molecule has 1 nitrogen and oxygen atoms in total. The number of rotatable bonds is 2. The molecule has 0 saturated carbocycles. The van der Waals surface area contributed by atoms with Gasteiger partial charge in [-0.15, -0.1) is 0 Å².